The van der Waals surface area contributed by atoms with Crippen molar-refractivity contribution in [1.29, 1.82) is 0 Å². The van der Waals surface area contributed by atoms with Crippen LogP contribution in [0, 0.1) is 0 Å². The molecule has 150 valence electrons. The number of anilines is 1. The van der Waals surface area contributed by atoms with Gasteiger partial charge in [0.15, 0.2) is 0 Å². The fraction of sp³-hybridized carbons (Fsp3) is 0.364. The van der Waals surface area contributed by atoms with Gasteiger partial charge in [0.1, 0.15) is 11.5 Å². The van der Waals surface area contributed by atoms with Gasteiger partial charge in [0.2, 0.25) is 11.8 Å². The molecule has 2 amide bonds. The van der Waals surface area contributed by atoms with Crippen molar-refractivity contribution < 1.29 is 19.1 Å². The number of carbonyl (C=O) groups excluding carboxylic acids is 2. The maximum atomic E-state index is 12.2. The highest BCUT2D eigenvalue weighted by Gasteiger charge is 2.18. The minimum Gasteiger partial charge on any atom is -0.497 e. The van der Waals surface area contributed by atoms with Crippen LogP contribution in [0.5, 0.6) is 11.5 Å². The molecule has 0 heterocycles. The first kappa shape index (κ1) is 21.3. The standard InChI is InChI=1S/C22H28N2O4/c1-17(25)24(20-16-19(27-2)11-12-21(20)28-3)15-13-22(26)23-14-7-10-18-8-5-4-6-9-18/h4-6,8-9,11-12,16H,7,10,13-15H2,1-3H3,(H,23,26). The number of hydrogen-bond donors (Lipinski definition) is 1. The van der Waals surface area contributed by atoms with Gasteiger partial charge in [-0.05, 0) is 30.5 Å². The van der Waals surface area contributed by atoms with Gasteiger partial charge >= 0.3 is 0 Å². The molecule has 2 rings (SSSR count). The number of carbonyl (C=O) groups is 2. The van der Waals surface area contributed by atoms with Crippen LogP contribution in [0.1, 0.15) is 25.3 Å². The van der Waals surface area contributed by atoms with E-state index in [0.29, 0.717) is 23.7 Å². The van der Waals surface area contributed by atoms with E-state index < -0.39 is 0 Å². The summed E-state index contributed by atoms with van der Waals surface area (Å²) < 4.78 is 10.6. The summed E-state index contributed by atoms with van der Waals surface area (Å²) in [6.07, 6.45) is 2.00. The number of nitrogens with zero attached hydrogens (tertiary/aromatic N) is 1. The van der Waals surface area contributed by atoms with Crippen LogP contribution in [0.2, 0.25) is 0 Å². The predicted molar refractivity (Wildman–Crippen MR) is 110 cm³/mol. The lowest BCUT2D eigenvalue weighted by atomic mass is 10.1. The largest absolute Gasteiger partial charge is 0.497 e. The van der Waals surface area contributed by atoms with Crippen LogP contribution in [0.15, 0.2) is 48.5 Å². The van der Waals surface area contributed by atoms with E-state index in [1.165, 1.54) is 17.4 Å². The number of nitrogens with one attached hydrogen (secondary N) is 1. The van der Waals surface area contributed by atoms with Gasteiger partial charge in [0.25, 0.3) is 0 Å². The monoisotopic (exact) mass is 384 g/mol. The maximum absolute atomic E-state index is 12.2. The average molecular weight is 384 g/mol. The molecule has 0 atom stereocenters. The first-order valence-electron chi connectivity index (χ1n) is 9.36. The minimum absolute atomic E-state index is 0.0822. The summed E-state index contributed by atoms with van der Waals surface area (Å²) >= 11 is 0. The number of hydrogen-bond acceptors (Lipinski definition) is 4. The van der Waals surface area contributed by atoms with Crippen molar-refractivity contribution in [2.24, 2.45) is 0 Å². The molecule has 0 aliphatic carbocycles. The first-order chi connectivity index (χ1) is 13.5. The molecule has 0 fully saturated rings. The Hall–Kier alpha value is -3.02. The van der Waals surface area contributed by atoms with Crippen molar-refractivity contribution in [2.75, 3.05) is 32.2 Å². The van der Waals surface area contributed by atoms with E-state index in [2.05, 4.69) is 17.4 Å². The normalized spacial score (nSPS) is 10.2. The number of methoxy groups -OCH3 is 2. The zero-order chi connectivity index (χ0) is 20.4. The summed E-state index contributed by atoms with van der Waals surface area (Å²) in [6.45, 7) is 2.34. The van der Waals surface area contributed by atoms with E-state index in [0.717, 1.165) is 12.8 Å². The van der Waals surface area contributed by atoms with E-state index in [-0.39, 0.29) is 24.8 Å². The number of amides is 2. The smallest absolute Gasteiger partial charge is 0.223 e. The van der Waals surface area contributed by atoms with Gasteiger partial charge in [-0.1, -0.05) is 30.3 Å². The van der Waals surface area contributed by atoms with Crippen LogP contribution in [-0.2, 0) is 16.0 Å². The number of benzene rings is 2. The third kappa shape index (κ3) is 6.30. The van der Waals surface area contributed by atoms with Crippen molar-refractivity contribution in [2.45, 2.75) is 26.2 Å². The highest BCUT2D eigenvalue weighted by atomic mass is 16.5. The minimum atomic E-state index is -0.163. The molecule has 0 aromatic heterocycles. The van der Waals surface area contributed by atoms with Crippen LogP contribution in [-0.4, -0.2) is 39.1 Å². The first-order valence-corrected chi connectivity index (χ1v) is 9.36. The molecular formula is C22H28N2O4. The third-order valence-corrected chi connectivity index (χ3v) is 4.43. The second-order valence-electron chi connectivity index (χ2n) is 6.40. The fourth-order valence-electron chi connectivity index (χ4n) is 2.92. The van der Waals surface area contributed by atoms with E-state index in [9.17, 15) is 9.59 Å². The molecule has 0 spiro atoms. The Kier molecular flexibility index (Phi) is 8.34. The molecule has 2 aromatic rings. The van der Waals surface area contributed by atoms with E-state index >= 15 is 0 Å². The Bertz CT molecular complexity index is 777. The second kappa shape index (κ2) is 11.0. The molecule has 2 aromatic carbocycles. The van der Waals surface area contributed by atoms with Gasteiger partial charge in [-0.25, -0.2) is 0 Å². The molecule has 1 N–H and O–H groups in total. The summed E-state index contributed by atoms with van der Waals surface area (Å²) in [4.78, 5) is 25.9. The Labute approximate surface area is 166 Å². The van der Waals surface area contributed by atoms with Crippen LogP contribution in [0.4, 0.5) is 5.69 Å². The van der Waals surface area contributed by atoms with Crippen molar-refractivity contribution in [1.82, 2.24) is 5.32 Å². The van der Waals surface area contributed by atoms with Crippen LogP contribution >= 0.6 is 0 Å². The molecule has 0 unspecified atom stereocenters. The quantitative estimate of drug-likeness (QED) is 0.639. The Morgan fingerprint density at radius 2 is 1.79 bits per heavy atom. The highest BCUT2D eigenvalue weighted by Crippen LogP contribution is 2.32. The summed E-state index contributed by atoms with van der Waals surface area (Å²) in [5.41, 5.74) is 1.84. The number of ether oxygens (including phenoxy) is 2. The van der Waals surface area contributed by atoms with Crippen LogP contribution < -0.4 is 19.7 Å². The number of rotatable bonds is 10. The van der Waals surface area contributed by atoms with Gasteiger partial charge in [0.05, 0.1) is 19.9 Å². The summed E-state index contributed by atoms with van der Waals surface area (Å²) in [5, 5.41) is 2.92. The number of aryl methyl sites for hydroxylation is 1. The molecular weight excluding hydrogens is 356 g/mol. The van der Waals surface area contributed by atoms with Crippen molar-refractivity contribution in [3.05, 3.63) is 54.1 Å². The molecule has 6 nitrogen and oxygen atoms in total. The van der Waals surface area contributed by atoms with E-state index in [4.69, 9.17) is 9.47 Å². The summed E-state index contributed by atoms with van der Waals surface area (Å²) in [5.74, 6) is 0.927. The SMILES string of the molecule is COc1ccc(OC)c(N(CCC(=O)NCCCc2ccccc2)C(C)=O)c1. The topological polar surface area (TPSA) is 67.9 Å². The fourth-order valence-corrected chi connectivity index (χ4v) is 2.92. The van der Waals surface area contributed by atoms with Crippen molar-refractivity contribution in [3.8, 4) is 11.5 Å². The highest BCUT2D eigenvalue weighted by molar-refractivity contribution is 5.94. The summed E-state index contributed by atoms with van der Waals surface area (Å²) in [7, 11) is 3.11. The van der Waals surface area contributed by atoms with Crippen molar-refractivity contribution in [3.63, 3.8) is 0 Å². The third-order valence-electron chi connectivity index (χ3n) is 4.43. The molecule has 0 aliphatic heterocycles. The lowest BCUT2D eigenvalue weighted by molar-refractivity contribution is -0.121. The lowest BCUT2D eigenvalue weighted by Crippen LogP contribution is -2.34. The molecule has 6 heteroatoms. The zero-order valence-corrected chi connectivity index (χ0v) is 16.7. The zero-order valence-electron chi connectivity index (χ0n) is 16.7. The Morgan fingerprint density at radius 1 is 1.04 bits per heavy atom. The van der Waals surface area contributed by atoms with Crippen LogP contribution in [0.3, 0.4) is 0 Å². The molecule has 0 bridgehead atoms. The van der Waals surface area contributed by atoms with Gasteiger partial charge in [-0.15, -0.1) is 0 Å². The molecule has 28 heavy (non-hydrogen) atoms. The molecule has 0 aliphatic rings. The average Bonchev–Trinajstić information content (AvgIpc) is 2.71. The Morgan fingerprint density at radius 3 is 2.43 bits per heavy atom. The summed E-state index contributed by atoms with van der Waals surface area (Å²) in [6, 6.07) is 15.4. The van der Waals surface area contributed by atoms with Crippen LogP contribution in [0.25, 0.3) is 0 Å². The van der Waals surface area contributed by atoms with E-state index in [1.807, 2.05) is 18.2 Å². The van der Waals surface area contributed by atoms with Gasteiger partial charge < -0.3 is 19.7 Å². The maximum Gasteiger partial charge on any atom is 0.223 e. The van der Waals surface area contributed by atoms with Gasteiger partial charge in [-0.3, -0.25) is 9.59 Å². The van der Waals surface area contributed by atoms with Gasteiger partial charge in [0, 0.05) is 32.5 Å². The second-order valence-corrected chi connectivity index (χ2v) is 6.40. The lowest BCUT2D eigenvalue weighted by Gasteiger charge is -2.23. The molecule has 0 radical (unpaired) electrons. The Balaban J connectivity index is 1.87. The molecule has 0 saturated heterocycles. The predicted octanol–water partition coefficient (Wildman–Crippen LogP) is 3.20. The van der Waals surface area contributed by atoms with Gasteiger partial charge in [-0.2, -0.15) is 0 Å². The van der Waals surface area contributed by atoms with Crippen molar-refractivity contribution >= 4 is 17.5 Å². The van der Waals surface area contributed by atoms with E-state index in [1.54, 1.807) is 32.4 Å². The molecule has 0 saturated carbocycles.